The van der Waals surface area contributed by atoms with Gasteiger partial charge in [0.2, 0.25) is 6.29 Å². The smallest absolute Gasteiger partial charge is 0.288 e. The topological polar surface area (TPSA) is 66.4 Å². The lowest BCUT2D eigenvalue weighted by Crippen LogP contribution is -2.12. The number of anilines is 1. The van der Waals surface area contributed by atoms with Gasteiger partial charge in [-0.2, -0.15) is 0 Å². The van der Waals surface area contributed by atoms with Crippen LogP contribution in [0.15, 0.2) is 60.7 Å². The number of aryl methyl sites for hydroxylation is 1. The fraction of sp³-hybridized carbons (Fsp3) is 0.130. The normalized spacial score (nSPS) is 10.5. The third-order valence-electron chi connectivity index (χ3n) is 4.42. The van der Waals surface area contributed by atoms with E-state index in [1.165, 1.54) is 18.2 Å². The van der Waals surface area contributed by atoms with Crippen LogP contribution in [0, 0.1) is 5.82 Å². The van der Waals surface area contributed by atoms with Crippen LogP contribution in [-0.4, -0.2) is 17.3 Å². The molecule has 0 unspecified atom stereocenters. The van der Waals surface area contributed by atoms with Crippen LogP contribution in [0.25, 0.3) is 22.3 Å². The molecule has 0 aliphatic carbocycles. The second-order valence-corrected chi connectivity index (χ2v) is 6.48. The van der Waals surface area contributed by atoms with E-state index in [2.05, 4.69) is 5.32 Å². The maximum absolute atomic E-state index is 14.4. The highest BCUT2D eigenvalue weighted by molar-refractivity contribution is 6.29. The molecule has 0 heterocycles. The number of aldehydes is 1. The Balaban J connectivity index is 2.12. The van der Waals surface area contributed by atoms with Crippen molar-refractivity contribution in [3.05, 3.63) is 72.0 Å². The van der Waals surface area contributed by atoms with Crippen molar-refractivity contribution in [2.24, 2.45) is 0 Å². The molecule has 5 heteroatoms. The molecule has 0 bridgehead atoms. The molecule has 4 nitrogen and oxygen atoms in total. The zero-order valence-corrected chi connectivity index (χ0v) is 15.4. The van der Waals surface area contributed by atoms with Gasteiger partial charge in [0.25, 0.3) is 5.91 Å². The van der Waals surface area contributed by atoms with Gasteiger partial charge in [0.15, 0.2) is 0 Å². The van der Waals surface area contributed by atoms with Crippen LogP contribution in [0.3, 0.4) is 0 Å². The number of amides is 1. The number of halogens is 1. The fourth-order valence-corrected chi connectivity index (χ4v) is 3.18. The van der Waals surface area contributed by atoms with Crippen LogP contribution < -0.4 is 5.32 Å². The van der Waals surface area contributed by atoms with Crippen molar-refractivity contribution in [2.45, 2.75) is 19.8 Å². The minimum atomic E-state index is -0.845. The number of phenols is 1. The summed E-state index contributed by atoms with van der Waals surface area (Å²) in [5, 5.41) is 12.7. The summed E-state index contributed by atoms with van der Waals surface area (Å²) in [6, 6.07) is 17.4. The van der Waals surface area contributed by atoms with Crippen LogP contribution in [0.4, 0.5) is 10.1 Å². The molecule has 3 rings (SSSR count). The first-order valence-electron chi connectivity index (χ1n) is 9.00. The van der Waals surface area contributed by atoms with Crippen molar-refractivity contribution >= 4 is 17.9 Å². The lowest BCUT2D eigenvalue weighted by atomic mass is 9.93. The Kier molecular flexibility index (Phi) is 5.84. The quantitative estimate of drug-likeness (QED) is 0.363. The minimum Gasteiger partial charge on any atom is -0.506 e. The summed E-state index contributed by atoms with van der Waals surface area (Å²) in [5.74, 6) is -1.41. The van der Waals surface area contributed by atoms with Gasteiger partial charge in [-0.25, -0.2) is 4.39 Å². The molecule has 0 aromatic heterocycles. The summed E-state index contributed by atoms with van der Waals surface area (Å²) in [4.78, 5) is 22.0. The zero-order valence-electron chi connectivity index (χ0n) is 15.4. The van der Waals surface area contributed by atoms with Gasteiger partial charge in [0.1, 0.15) is 11.6 Å². The van der Waals surface area contributed by atoms with Gasteiger partial charge in [0, 0.05) is 0 Å². The second kappa shape index (κ2) is 8.48. The van der Waals surface area contributed by atoms with Crippen molar-refractivity contribution in [1.29, 1.82) is 0 Å². The molecule has 0 fully saturated rings. The number of rotatable bonds is 6. The second-order valence-electron chi connectivity index (χ2n) is 6.48. The Morgan fingerprint density at radius 3 is 2.43 bits per heavy atom. The lowest BCUT2D eigenvalue weighted by Gasteiger charge is -2.15. The molecular formula is C23H20FNO3. The molecule has 0 atom stereocenters. The number of aromatic hydroxyl groups is 1. The van der Waals surface area contributed by atoms with Crippen LogP contribution in [0.2, 0.25) is 0 Å². The summed E-state index contributed by atoms with van der Waals surface area (Å²) in [6.07, 6.45) is 1.63. The first-order chi connectivity index (χ1) is 13.5. The Morgan fingerprint density at radius 1 is 1.04 bits per heavy atom. The predicted octanol–water partition coefficient (Wildman–Crippen LogP) is 4.96. The van der Waals surface area contributed by atoms with E-state index < -0.39 is 5.91 Å². The molecule has 3 aromatic rings. The number of nitrogens with one attached hydrogen (secondary N) is 1. The molecular weight excluding hydrogens is 357 g/mol. The van der Waals surface area contributed by atoms with Crippen LogP contribution in [0.1, 0.15) is 18.9 Å². The standard InChI is InChI=1S/C23H20FNO3/c1-2-6-16-12-21(25-23(28)14-26)22(27)13-20(16)18-9-17(10-19(24)11-18)15-7-4-3-5-8-15/h3-5,7-14,27H,2,6H2,1H3,(H,25,28). The molecule has 0 aliphatic heterocycles. The van der Waals surface area contributed by atoms with Crippen LogP contribution >= 0.6 is 0 Å². The Bertz CT molecular complexity index is 1020. The fourth-order valence-electron chi connectivity index (χ4n) is 3.18. The van der Waals surface area contributed by atoms with Gasteiger partial charge in [0.05, 0.1) is 5.69 Å². The average Bonchev–Trinajstić information content (AvgIpc) is 2.70. The van der Waals surface area contributed by atoms with Gasteiger partial charge in [-0.15, -0.1) is 0 Å². The van der Waals surface area contributed by atoms with Gasteiger partial charge < -0.3 is 10.4 Å². The van der Waals surface area contributed by atoms with Gasteiger partial charge >= 0.3 is 0 Å². The number of phenolic OH excluding ortho intramolecular Hbond substituents is 1. The zero-order chi connectivity index (χ0) is 20.1. The molecule has 0 saturated carbocycles. The lowest BCUT2D eigenvalue weighted by molar-refractivity contribution is -0.127. The van der Waals surface area contributed by atoms with Gasteiger partial charge in [-0.05, 0) is 64.6 Å². The summed E-state index contributed by atoms with van der Waals surface area (Å²) >= 11 is 0. The molecule has 28 heavy (non-hydrogen) atoms. The van der Waals surface area contributed by atoms with Crippen molar-refractivity contribution in [3.8, 4) is 28.0 Å². The molecule has 142 valence electrons. The van der Waals surface area contributed by atoms with E-state index in [0.29, 0.717) is 17.5 Å². The summed E-state index contributed by atoms with van der Waals surface area (Å²) in [5.41, 5.74) is 3.93. The SMILES string of the molecule is CCCc1cc(NC(=O)C=O)c(O)cc1-c1cc(F)cc(-c2ccccc2)c1. The molecule has 0 spiro atoms. The van der Waals surface area contributed by atoms with E-state index >= 15 is 0 Å². The number of carbonyl (C=O) groups excluding carboxylic acids is 2. The Labute approximate surface area is 162 Å². The molecule has 3 aromatic carbocycles. The number of carbonyl (C=O) groups is 2. The van der Waals surface area contributed by atoms with Gasteiger partial charge in [-0.3, -0.25) is 9.59 Å². The third kappa shape index (κ3) is 4.26. The van der Waals surface area contributed by atoms with E-state index in [9.17, 15) is 19.1 Å². The van der Waals surface area contributed by atoms with E-state index in [-0.39, 0.29) is 23.5 Å². The Morgan fingerprint density at radius 2 is 1.75 bits per heavy atom. The number of benzene rings is 3. The largest absolute Gasteiger partial charge is 0.506 e. The number of hydrogen-bond acceptors (Lipinski definition) is 3. The van der Waals surface area contributed by atoms with E-state index in [1.807, 2.05) is 43.3 Å². The summed E-state index contributed by atoms with van der Waals surface area (Å²) in [7, 11) is 0. The van der Waals surface area contributed by atoms with Crippen molar-refractivity contribution < 1.29 is 19.1 Å². The molecule has 0 saturated heterocycles. The first-order valence-corrected chi connectivity index (χ1v) is 9.00. The summed E-state index contributed by atoms with van der Waals surface area (Å²) < 4.78 is 14.4. The van der Waals surface area contributed by atoms with E-state index in [1.54, 1.807) is 6.07 Å². The van der Waals surface area contributed by atoms with Crippen molar-refractivity contribution in [2.75, 3.05) is 5.32 Å². The average molecular weight is 377 g/mol. The molecule has 0 radical (unpaired) electrons. The summed E-state index contributed by atoms with van der Waals surface area (Å²) in [6.45, 7) is 2.00. The first kappa shape index (κ1) is 19.3. The maximum Gasteiger partial charge on any atom is 0.288 e. The van der Waals surface area contributed by atoms with Crippen molar-refractivity contribution in [1.82, 2.24) is 0 Å². The predicted molar refractivity (Wildman–Crippen MR) is 108 cm³/mol. The van der Waals surface area contributed by atoms with Crippen LogP contribution in [0.5, 0.6) is 5.75 Å². The van der Waals surface area contributed by atoms with Gasteiger partial charge in [-0.1, -0.05) is 43.7 Å². The molecule has 2 N–H and O–H groups in total. The van der Waals surface area contributed by atoms with E-state index in [4.69, 9.17) is 0 Å². The highest BCUT2D eigenvalue weighted by atomic mass is 19.1. The maximum atomic E-state index is 14.4. The molecule has 1 amide bonds. The minimum absolute atomic E-state index is 0.144. The van der Waals surface area contributed by atoms with Crippen LogP contribution in [-0.2, 0) is 16.0 Å². The Hall–Kier alpha value is -3.47. The highest BCUT2D eigenvalue weighted by Crippen LogP contribution is 2.36. The molecule has 0 aliphatic rings. The van der Waals surface area contributed by atoms with Crippen molar-refractivity contribution in [3.63, 3.8) is 0 Å². The third-order valence-corrected chi connectivity index (χ3v) is 4.42. The number of hydrogen-bond donors (Lipinski definition) is 2. The highest BCUT2D eigenvalue weighted by Gasteiger charge is 2.14. The van der Waals surface area contributed by atoms with E-state index in [0.717, 1.165) is 23.1 Å². The monoisotopic (exact) mass is 377 g/mol.